The van der Waals surface area contributed by atoms with E-state index >= 15 is 0 Å². The van der Waals surface area contributed by atoms with E-state index in [0.717, 1.165) is 6.92 Å². The van der Waals surface area contributed by atoms with E-state index in [4.69, 9.17) is 0 Å². The summed E-state index contributed by atoms with van der Waals surface area (Å²) in [6.45, 7) is -1.56. The fourth-order valence-corrected chi connectivity index (χ4v) is 3.51. The number of halogens is 12. The maximum absolute atomic E-state index is 14.9. The first-order chi connectivity index (χ1) is 15.6. The van der Waals surface area contributed by atoms with Gasteiger partial charge in [-0.25, -0.2) is 26.3 Å². The monoisotopic (exact) mass is 500 g/mol. The molecule has 3 aromatic carbocycles. The lowest BCUT2D eigenvalue weighted by molar-refractivity contribution is -0.143. The standard InChI is InChI=1S/C21H9BF12/c1-8-12(23)5-2-9(17(8)26)22(10-3-6-13(24)15(18(10)27)20(29,30)31)11-4-7-14(25)16(19(11)28)21(32,33)34/h2-7H,1H3. The highest BCUT2D eigenvalue weighted by Gasteiger charge is 2.44. The molecule has 0 aromatic heterocycles. The predicted molar refractivity (Wildman–Crippen MR) is 98.5 cm³/mol. The van der Waals surface area contributed by atoms with Gasteiger partial charge in [-0.1, -0.05) is 18.2 Å². The summed E-state index contributed by atoms with van der Waals surface area (Å²) in [5.41, 5.74) is -9.19. The minimum atomic E-state index is -5.63. The summed E-state index contributed by atoms with van der Waals surface area (Å²) in [7, 11) is 0. The third kappa shape index (κ3) is 4.35. The Hall–Kier alpha value is -3.12. The van der Waals surface area contributed by atoms with E-state index in [1.807, 2.05) is 0 Å². The van der Waals surface area contributed by atoms with Crippen molar-refractivity contribution >= 4 is 23.1 Å². The lowest BCUT2D eigenvalue weighted by Crippen LogP contribution is -2.56. The fraction of sp³-hybridized carbons (Fsp3) is 0.143. The van der Waals surface area contributed by atoms with E-state index in [-0.39, 0.29) is 12.1 Å². The second-order valence-corrected chi connectivity index (χ2v) is 7.16. The third-order valence-electron chi connectivity index (χ3n) is 5.09. The van der Waals surface area contributed by atoms with E-state index < -0.39 is 87.0 Å². The molecule has 0 amide bonds. The van der Waals surface area contributed by atoms with E-state index in [1.54, 1.807) is 0 Å². The van der Waals surface area contributed by atoms with Gasteiger partial charge in [-0.2, -0.15) is 26.3 Å². The van der Waals surface area contributed by atoms with E-state index in [1.165, 1.54) is 0 Å². The molecular weight excluding hydrogens is 491 g/mol. The van der Waals surface area contributed by atoms with Crippen molar-refractivity contribution in [2.75, 3.05) is 0 Å². The van der Waals surface area contributed by atoms with Crippen LogP contribution >= 0.6 is 0 Å². The molecule has 0 fully saturated rings. The number of benzene rings is 3. The van der Waals surface area contributed by atoms with Crippen molar-refractivity contribution in [3.8, 4) is 0 Å². The normalized spacial score (nSPS) is 12.3. The van der Waals surface area contributed by atoms with Crippen molar-refractivity contribution < 1.29 is 52.7 Å². The highest BCUT2D eigenvalue weighted by Crippen LogP contribution is 2.34. The summed E-state index contributed by atoms with van der Waals surface area (Å²) >= 11 is 0. The molecule has 0 saturated heterocycles. The second kappa shape index (κ2) is 8.59. The average Bonchev–Trinajstić information content (AvgIpc) is 2.68. The van der Waals surface area contributed by atoms with Crippen molar-refractivity contribution in [1.29, 1.82) is 0 Å². The molecule has 0 aliphatic carbocycles. The molecule has 34 heavy (non-hydrogen) atoms. The minimum Gasteiger partial charge on any atom is -0.207 e. The molecule has 0 unspecified atom stereocenters. The molecule has 3 aromatic rings. The largest absolute Gasteiger partial charge is 0.422 e. The average molecular weight is 500 g/mol. The van der Waals surface area contributed by atoms with Crippen LogP contribution in [0.1, 0.15) is 16.7 Å². The van der Waals surface area contributed by atoms with Crippen LogP contribution in [0.15, 0.2) is 36.4 Å². The smallest absolute Gasteiger partial charge is 0.207 e. The van der Waals surface area contributed by atoms with Gasteiger partial charge in [-0.3, -0.25) is 0 Å². The van der Waals surface area contributed by atoms with Crippen LogP contribution < -0.4 is 16.4 Å². The van der Waals surface area contributed by atoms with Gasteiger partial charge in [0.25, 0.3) is 6.71 Å². The van der Waals surface area contributed by atoms with Gasteiger partial charge in [0.15, 0.2) is 0 Å². The summed E-state index contributed by atoms with van der Waals surface area (Å²) in [5.74, 6) is -11.6. The Labute approximate surface area is 183 Å². The molecule has 0 N–H and O–H groups in total. The zero-order chi connectivity index (χ0) is 25.7. The third-order valence-corrected chi connectivity index (χ3v) is 5.09. The zero-order valence-corrected chi connectivity index (χ0v) is 16.6. The van der Waals surface area contributed by atoms with Crippen LogP contribution in [0.25, 0.3) is 0 Å². The Morgan fingerprint density at radius 2 is 0.824 bits per heavy atom. The van der Waals surface area contributed by atoms with Gasteiger partial charge in [0, 0.05) is 5.56 Å². The molecule has 0 radical (unpaired) electrons. The van der Waals surface area contributed by atoms with Gasteiger partial charge < -0.3 is 0 Å². The van der Waals surface area contributed by atoms with Crippen LogP contribution in [0.2, 0.25) is 0 Å². The van der Waals surface area contributed by atoms with Crippen LogP contribution in [0, 0.1) is 41.8 Å². The quantitative estimate of drug-likeness (QED) is 0.335. The van der Waals surface area contributed by atoms with Gasteiger partial charge in [0.2, 0.25) is 0 Å². The van der Waals surface area contributed by atoms with Gasteiger partial charge in [0.1, 0.15) is 46.0 Å². The van der Waals surface area contributed by atoms with Crippen molar-refractivity contribution in [3.63, 3.8) is 0 Å². The molecule has 180 valence electrons. The first-order valence-corrected chi connectivity index (χ1v) is 9.12. The maximum atomic E-state index is 14.9. The van der Waals surface area contributed by atoms with Crippen molar-refractivity contribution in [1.82, 2.24) is 0 Å². The maximum Gasteiger partial charge on any atom is 0.422 e. The van der Waals surface area contributed by atoms with E-state index in [2.05, 4.69) is 0 Å². The second-order valence-electron chi connectivity index (χ2n) is 7.16. The molecule has 0 saturated carbocycles. The van der Waals surface area contributed by atoms with Crippen LogP contribution in [-0.4, -0.2) is 6.71 Å². The topological polar surface area (TPSA) is 0 Å². The van der Waals surface area contributed by atoms with Crippen LogP contribution in [-0.2, 0) is 12.4 Å². The number of hydrogen-bond donors (Lipinski definition) is 0. The molecule has 0 bridgehead atoms. The Balaban J connectivity index is 2.47. The summed E-state index contributed by atoms with van der Waals surface area (Å²) in [6, 6.07) is 2.02. The molecule has 0 atom stereocenters. The summed E-state index contributed by atoms with van der Waals surface area (Å²) in [4.78, 5) is 0. The Morgan fingerprint density at radius 3 is 1.18 bits per heavy atom. The Bertz CT molecular complexity index is 1190. The first kappa shape index (κ1) is 25.5. The van der Waals surface area contributed by atoms with E-state index in [9.17, 15) is 52.7 Å². The van der Waals surface area contributed by atoms with Crippen molar-refractivity contribution in [2.45, 2.75) is 19.3 Å². The molecule has 0 spiro atoms. The molecule has 0 aliphatic heterocycles. The van der Waals surface area contributed by atoms with Gasteiger partial charge in [0.05, 0.1) is 0 Å². The summed E-state index contributed by atoms with van der Waals surface area (Å²) < 4.78 is 165. The van der Waals surface area contributed by atoms with Gasteiger partial charge in [-0.15, -0.1) is 0 Å². The van der Waals surface area contributed by atoms with Crippen LogP contribution in [0.3, 0.4) is 0 Å². The van der Waals surface area contributed by atoms with E-state index in [0.29, 0.717) is 24.3 Å². The minimum absolute atomic E-state index is 0.106. The lowest BCUT2D eigenvalue weighted by atomic mass is 9.36. The molecule has 13 heteroatoms. The van der Waals surface area contributed by atoms with Crippen molar-refractivity contribution in [2.24, 2.45) is 0 Å². The number of alkyl halides is 6. The highest BCUT2D eigenvalue weighted by atomic mass is 19.4. The Morgan fingerprint density at radius 1 is 0.500 bits per heavy atom. The van der Waals surface area contributed by atoms with Crippen molar-refractivity contribution in [3.05, 3.63) is 88.0 Å². The molecule has 0 aliphatic rings. The molecule has 0 heterocycles. The zero-order valence-electron chi connectivity index (χ0n) is 16.6. The molecular formula is C21H9BF12. The lowest BCUT2D eigenvalue weighted by Gasteiger charge is -2.22. The summed E-state index contributed by atoms with van der Waals surface area (Å²) in [6.07, 6.45) is -11.3. The van der Waals surface area contributed by atoms with Gasteiger partial charge >= 0.3 is 12.4 Å². The Kier molecular flexibility index (Phi) is 6.44. The number of hydrogen-bond acceptors (Lipinski definition) is 0. The van der Waals surface area contributed by atoms with Crippen LogP contribution in [0.5, 0.6) is 0 Å². The molecule has 0 nitrogen and oxygen atoms in total. The summed E-state index contributed by atoms with van der Waals surface area (Å²) in [5, 5.41) is 0. The fourth-order valence-electron chi connectivity index (χ4n) is 3.51. The van der Waals surface area contributed by atoms with Crippen LogP contribution in [0.4, 0.5) is 52.7 Å². The predicted octanol–water partition coefficient (Wildman–Crippen LogP) is 5.38. The molecule has 3 rings (SSSR count). The highest BCUT2D eigenvalue weighted by molar-refractivity contribution is 6.95. The SMILES string of the molecule is Cc1c(F)ccc(B(c2ccc(F)c(C(F)(F)F)c2F)c2ccc(F)c(C(F)(F)F)c2F)c1F. The van der Waals surface area contributed by atoms with Gasteiger partial charge in [-0.05, 0) is 41.5 Å². The first-order valence-electron chi connectivity index (χ1n) is 9.12. The number of rotatable bonds is 3.